The number of nitrogens with zero attached hydrogens (tertiary/aromatic N) is 1. The van der Waals surface area contributed by atoms with Crippen molar-refractivity contribution >= 4 is 22.1 Å². The van der Waals surface area contributed by atoms with Crippen LogP contribution in [0.1, 0.15) is 17.2 Å². The van der Waals surface area contributed by atoms with Crippen LogP contribution in [0.4, 0.5) is 0 Å². The van der Waals surface area contributed by atoms with E-state index in [1.165, 1.54) is 10.5 Å². The highest BCUT2D eigenvalue weighted by atomic mass is 79.9. The average molecular weight is 348 g/mol. The van der Waals surface area contributed by atoms with Crippen LogP contribution in [0.3, 0.4) is 0 Å². The number of phenolic OH excluding ortho intramolecular Hbond substituents is 1. The zero-order valence-electron chi connectivity index (χ0n) is 12.3. The molecule has 0 radical (unpaired) electrons. The summed E-state index contributed by atoms with van der Waals surface area (Å²) < 4.78 is 0.930. The predicted molar refractivity (Wildman–Crippen MR) is 90.3 cm³/mol. The second-order valence-electron chi connectivity index (χ2n) is 5.24. The van der Waals surface area contributed by atoms with E-state index in [1.807, 2.05) is 18.2 Å². The first-order chi connectivity index (χ1) is 10.1. The smallest absolute Gasteiger partial charge is 0.132 e. The third-order valence-corrected chi connectivity index (χ3v) is 3.90. The first-order valence-corrected chi connectivity index (χ1v) is 7.70. The summed E-state index contributed by atoms with van der Waals surface area (Å²) in [5.41, 5.74) is 2.00. The van der Waals surface area contributed by atoms with Gasteiger partial charge in [-0.1, -0.05) is 46.3 Å². The third-order valence-electron chi connectivity index (χ3n) is 3.41. The molecule has 2 rings (SSSR count). The summed E-state index contributed by atoms with van der Waals surface area (Å²) in [6.45, 7) is 0.679. The summed E-state index contributed by atoms with van der Waals surface area (Å²) in [5.74, 6) is 0.246. The fraction of sp³-hybridized carbons (Fsp3) is 0.235. The molecule has 0 aromatic heterocycles. The molecule has 0 aliphatic heterocycles. The lowest BCUT2D eigenvalue weighted by atomic mass is 10.1. The lowest BCUT2D eigenvalue weighted by Crippen LogP contribution is -3.06. The van der Waals surface area contributed by atoms with E-state index in [4.69, 9.17) is 0 Å². The van der Waals surface area contributed by atoms with Gasteiger partial charge < -0.3 is 10.0 Å². The molecule has 0 amide bonds. The maximum atomic E-state index is 9.81. The van der Waals surface area contributed by atoms with E-state index in [0.717, 1.165) is 10.0 Å². The fourth-order valence-corrected chi connectivity index (χ4v) is 2.57. The summed E-state index contributed by atoms with van der Waals surface area (Å²) >= 11 is 3.40. The molecule has 0 bridgehead atoms. The normalized spacial score (nSPS) is 13.0. The van der Waals surface area contributed by atoms with E-state index in [-0.39, 0.29) is 5.75 Å². The Morgan fingerprint density at radius 3 is 2.57 bits per heavy atom. The summed E-state index contributed by atoms with van der Waals surface area (Å²) in [5, 5.41) is 9.81. The van der Waals surface area contributed by atoms with Gasteiger partial charge in [-0.05, 0) is 18.2 Å². The maximum absolute atomic E-state index is 9.81. The molecule has 0 unspecified atom stereocenters. The Labute approximate surface area is 134 Å². The molecule has 3 nitrogen and oxygen atoms in total. The maximum Gasteiger partial charge on any atom is 0.132 e. The molecule has 0 aliphatic rings. The number of quaternary nitrogens is 1. The summed E-state index contributed by atoms with van der Waals surface area (Å²) in [7, 11) is 4.26. The third kappa shape index (κ3) is 4.41. The summed E-state index contributed by atoms with van der Waals surface area (Å²) in [4.78, 5) is 5.85. The van der Waals surface area contributed by atoms with Gasteiger partial charge >= 0.3 is 0 Å². The van der Waals surface area contributed by atoms with Gasteiger partial charge in [0.05, 0.1) is 20.6 Å². The van der Waals surface area contributed by atoms with Crippen molar-refractivity contribution in [1.29, 1.82) is 0 Å². The number of halogens is 1. The van der Waals surface area contributed by atoms with Crippen molar-refractivity contribution in [2.24, 2.45) is 4.99 Å². The minimum Gasteiger partial charge on any atom is -0.507 e. The Balaban J connectivity index is 2.12. The van der Waals surface area contributed by atoms with Gasteiger partial charge in [0.25, 0.3) is 0 Å². The van der Waals surface area contributed by atoms with Crippen LogP contribution in [0.25, 0.3) is 0 Å². The fourth-order valence-electron chi connectivity index (χ4n) is 2.19. The molecule has 110 valence electrons. The lowest BCUT2D eigenvalue weighted by molar-refractivity contribution is -0.890. The van der Waals surface area contributed by atoms with Gasteiger partial charge in [0.2, 0.25) is 0 Å². The Morgan fingerprint density at radius 1 is 1.19 bits per heavy atom. The van der Waals surface area contributed by atoms with Crippen LogP contribution in [0, 0.1) is 0 Å². The molecule has 0 aliphatic carbocycles. The van der Waals surface area contributed by atoms with Crippen LogP contribution in [0.5, 0.6) is 5.75 Å². The van der Waals surface area contributed by atoms with Gasteiger partial charge in [-0.25, -0.2) is 0 Å². The van der Waals surface area contributed by atoms with Gasteiger partial charge in [-0.3, -0.25) is 4.99 Å². The topological polar surface area (TPSA) is 37.0 Å². The average Bonchev–Trinajstić information content (AvgIpc) is 2.47. The zero-order chi connectivity index (χ0) is 15.2. The van der Waals surface area contributed by atoms with E-state index in [9.17, 15) is 5.11 Å². The summed E-state index contributed by atoms with van der Waals surface area (Å²) in [6.07, 6.45) is 1.74. The largest absolute Gasteiger partial charge is 0.507 e. The molecule has 0 heterocycles. The van der Waals surface area contributed by atoms with E-state index in [0.29, 0.717) is 12.6 Å². The van der Waals surface area contributed by atoms with Gasteiger partial charge in [0, 0.05) is 21.8 Å². The second-order valence-corrected chi connectivity index (χ2v) is 6.15. The van der Waals surface area contributed by atoms with Crippen molar-refractivity contribution in [3.05, 3.63) is 64.1 Å². The van der Waals surface area contributed by atoms with E-state index >= 15 is 0 Å². The van der Waals surface area contributed by atoms with Crippen LogP contribution in [0.15, 0.2) is 58.0 Å². The monoisotopic (exact) mass is 347 g/mol. The van der Waals surface area contributed by atoms with E-state index < -0.39 is 0 Å². The molecule has 0 fully saturated rings. The highest BCUT2D eigenvalue weighted by Crippen LogP contribution is 2.20. The highest BCUT2D eigenvalue weighted by Gasteiger charge is 2.16. The van der Waals surface area contributed by atoms with E-state index in [2.05, 4.69) is 59.3 Å². The molecule has 2 aromatic rings. The van der Waals surface area contributed by atoms with Crippen LogP contribution >= 0.6 is 15.9 Å². The first-order valence-electron chi connectivity index (χ1n) is 6.91. The van der Waals surface area contributed by atoms with Crippen LogP contribution in [0.2, 0.25) is 0 Å². The minimum absolute atomic E-state index is 0.246. The molecule has 4 heteroatoms. The second kappa shape index (κ2) is 7.38. The molecule has 21 heavy (non-hydrogen) atoms. The van der Waals surface area contributed by atoms with Gasteiger partial charge in [-0.15, -0.1) is 0 Å². The SMILES string of the molecule is C[NH+](C)[C@H](CN=Cc1cc(Br)ccc1O)c1ccccc1. The molecular weight excluding hydrogens is 328 g/mol. The van der Waals surface area contributed by atoms with Crippen molar-refractivity contribution in [2.45, 2.75) is 6.04 Å². The number of hydrogen-bond acceptors (Lipinski definition) is 2. The van der Waals surface area contributed by atoms with E-state index in [1.54, 1.807) is 12.3 Å². The summed E-state index contributed by atoms with van der Waals surface area (Å²) in [6, 6.07) is 16.0. The zero-order valence-corrected chi connectivity index (χ0v) is 13.8. The number of likely N-dealkylation sites (N-methyl/N-ethyl adjacent to an activating group) is 1. The Bertz CT molecular complexity index is 611. The highest BCUT2D eigenvalue weighted by molar-refractivity contribution is 9.10. The van der Waals surface area contributed by atoms with Crippen molar-refractivity contribution in [3.8, 4) is 5.75 Å². The van der Waals surface area contributed by atoms with Crippen LogP contribution in [-0.4, -0.2) is 32.0 Å². The molecular formula is C17H20BrN2O+. The number of rotatable bonds is 5. The van der Waals surface area contributed by atoms with Gasteiger partial charge in [0.1, 0.15) is 11.8 Å². The molecule has 1 atom stereocenters. The molecule has 2 N–H and O–H groups in total. The Hall–Kier alpha value is -1.65. The van der Waals surface area contributed by atoms with Crippen molar-refractivity contribution in [3.63, 3.8) is 0 Å². The van der Waals surface area contributed by atoms with Gasteiger partial charge in [0.15, 0.2) is 0 Å². The molecule has 2 aromatic carbocycles. The minimum atomic E-state index is 0.246. The van der Waals surface area contributed by atoms with Crippen LogP contribution < -0.4 is 4.90 Å². The number of hydrogen-bond donors (Lipinski definition) is 2. The number of aromatic hydroxyl groups is 1. The number of aliphatic imine (C=N–C) groups is 1. The molecule has 0 spiro atoms. The molecule has 0 saturated carbocycles. The number of nitrogens with one attached hydrogen (secondary N) is 1. The van der Waals surface area contributed by atoms with Crippen molar-refractivity contribution in [1.82, 2.24) is 0 Å². The number of phenols is 1. The quantitative estimate of drug-likeness (QED) is 0.801. The Kier molecular flexibility index (Phi) is 5.53. The van der Waals surface area contributed by atoms with Crippen LogP contribution in [-0.2, 0) is 0 Å². The lowest BCUT2D eigenvalue weighted by Gasteiger charge is -2.19. The van der Waals surface area contributed by atoms with Gasteiger partial charge in [-0.2, -0.15) is 0 Å². The van der Waals surface area contributed by atoms with Crippen molar-refractivity contribution < 1.29 is 10.0 Å². The first kappa shape index (κ1) is 15.7. The standard InChI is InChI=1S/C17H19BrN2O/c1-20(2)16(13-6-4-3-5-7-13)12-19-11-14-10-15(18)8-9-17(14)21/h3-11,16,21H,12H2,1-2H3/p+1/t16-/m1/s1. The molecule has 0 saturated heterocycles. The van der Waals surface area contributed by atoms with Crippen molar-refractivity contribution in [2.75, 3.05) is 20.6 Å². The number of benzene rings is 2. The predicted octanol–water partition coefficient (Wildman–Crippen LogP) is 2.46. The Morgan fingerprint density at radius 2 is 1.90 bits per heavy atom.